The third-order valence-electron chi connectivity index (χ3n) is 1.73. The molecular formula is C11H14N2O2. The summed E-state index contributed by atoms with van der Waals surface area (Å²) in [5.41, 5.74) is 0.691. The number of hydrogen-bond acceptors (Lipinski definition) is 2. The molecule has 0 unspecified atom stereocenters. The van der Waals surface area contributed by atoms with E-state index in [1.165, 1.54) is 0 Å². The van der Waals surface area contributed by atoms with Crippen LogP contribution in [0, 0.1) is 0 Å². The normalized spacial score (nSPS) is 9.13. The lowest BCUT2D eigenvalue weighted by Crippen LogP contribution is -2.28. The lowest BCUT2D eigenvalue weighted by Gasteiger charge is -2.07. The van der Waals surface area contributed by atoms with Crippen LogP contribution in [0.25, 0.3) is 0 Å². The van der Waals surface area contributed by atoms with Crippen LogP contribution in [0.3, 0.4) is 0 Å². The Bertz CT molecular complexity index is 350. The summed E-state index contributed by atoms with van der Waals surface area (Å²) in [5, 5.41) is 5.28. The van der Waals surface area contributed by atoms with E-state index >= 15 is 0 Å². The summed E-state index contributed by atoms with van der Waals surface area (Å²) in [4.78, 5) is 11.3. The fourth-order valence-corrected chi connectivity index (χ4v) is 1.04. The molecular weight excluding hydrogens is 192 g/mol. The van der Waals surface area contributed by atoms with Crippen LogP contribution >= 0.6 is 0 Å². The van der Waals surface area contributed by atoms with Crippen LogP contribution in [0.2, 0.25) is 0 Å². The van der Waals surface area contributed by atoms with Gasteiger partial charge in [0.25, 0.3) is 0 Å². The van der Waals surface area contributed by atoms with Crippen molar-refractivity contribution in [1.82, 2.24) is 5.32 Å². The highest BCUT2D eigenvalue weighted by Crippen LogP contribution is 2.16. The number of methoxy groups -OCH3 is 1. The van der Waals surface area contributed by atoms with Crippen LogP contribution in [0.4, 0.5) is 10.5 Å². The Kier molecular flexibility index (Phi) is 4.22. The molecule has 0 aliphatic heterocycles. The molecule has 2 amide bonds. The van der Waals surface area contributed by atoms with Crippen LogP contribution in [-0.2, 0) is 0 Å². The van der Waals surface area contributed by atoms with E-state index in [0.717, 1.165) is 0 Å². The fourth-order valence-electron chi connectivity index (χ4n) is 1.04. The van der Waals surface area contributed by atoms with E-state index in [1.54, 1.807) is 25.3 Å². The lowest BCUT2D eigenvalue weighted by molar-refractivity contribution is 0.253. The van der Waals surface area contributed by atoms with Crippen molar-refractivity contribution >= 4 is 11.7 Å². The second-order valence-electron chi connectivity index (χ2n) is 2.86. The molecule has 0 heterocycles. The summed E-state index contributed by atoms with van der Waals surface area (Å²) in [6.07, 6.45) is 1.62. The minimum Gasteiger partial charge on any atom is -0.497 e. The highest BCUT2D eigenvalue weighted by Gasteiger charge is 2.00. The van der Waals surface area contributed by atoms with E-state index in [4.69, 9.17) is 4.74 Å². The van der Waals surface area contributed by atoms with Gasteiger partial charge in [0, 0.05) is 18.3 Å². The van der Waals surface area contributed by atoms with Crippen molar-refractivity contribution in [3.05, 3.63) is 36.9 Å². The van der Waals surface area contributed by atoms with Gasteiger partial charge in [-0.3, -0.25) is 0 Å². The summed E-state index contributed by atoms with van der Waals surface area (Å²) in [6, 6.07) is 6.89. The van der Waals surface area contributed by atoms with Crippen molar-refractivity contribution < 1.29 is 9.53 Å². The summed E-state index contributed by atoms with van der Waals surface area (Å²) in [7, 11) is 1.58. The molecule has 0 atom stereocenters. The van der Waals surface area contributed by atoms with E-state index in [9.17, 15) is 4.79 Å². The molecule has 1 rings (SSSR count). The molecule has 0 aliphatic rings. The molecule has 4 nitrogen and oxygen atoms in total. The van der Waals surface area contributed by atoms with Gasteiger partial charge in [-0.25, -0.2) is 4.79 Å². The van der Waals surface area contributed by atoms with E-state index in [2.05, 4.69) is 17.2 Å². The third-order valence-corrected chi connectivity index (χ3v) is 1.73. The van der Waals surface area contributed by atoms with Gasteiger partial charge in [0.2, 0.25) is 0 Å². The summed E-state index contributed by atoms with van der Waals surface area (Å²) >= 11 is 0. The Labute approximate surface area is 88.9 Å². The van der Waals surface area contributed by atoms with Gasteiger partial charge >= 0.3 is 6.03 Å². The number of nitrogens with one attached hydrogen (secondary N) is 2. The van der Waals surface area contributed by atoms with Gasteiger partial charge in [-0.15, -0.1) is 6.58 Å². The van der Waals surface area contributed by atoms with Crippen LogP contribution in [0.5, 0.6) is 5.75 Å². The molecule has 0 aliphatic carbocycles. The summed E-state index contributed by atoms with van der Waals surface area (Å²) < 4.78 is 5.03. The minimum absolute atomic E-state index is 0.261. The van der Waals surface area contributed by atoms with Gasteiger partial charge in [0.05, 0.1) is 7.11 Å². The first-order valence-corrected chi connectivity index (χ1v) is 4.56. The minimum atomic E-state index is -0.261. The Balaban J connectivity index is 2.55. The molecule has 4 heteroatoms. The van der Waals surface area contributed by atoms with Crippen molar-refractivity contribution in [2.45, 2.75) is 0 Å². The zero-order chi connectivity index (χ0) is 11.1. The SMILES string of the molecule is C=CCNC(=O)Nc1cccc(OC)c1. The molecule has 0 spiro atoms. The molecule has 0 aromatic heterocycles. The molecule has 0 saturated heterocycles. The van der Waals surface area contributed by atoms with Gasteiger partial charge in [-0.2, -0.15) is 0 Å². The topological polar surface area (TPSA) is 50.4 Å². The number of carbonyl (C=O) groups excluding carboxylic acids is 1. The van der Waals surface area contributed by atoms with E-state index in [0.29, 0.717) is 18.0 Å². The molecule has 1 aromatic rings. The predicted octanol–water partition coefficient (Wildman–Crippen LogP) is 2.00. The van der Waals surface area contributed by atoms with Crippen molar-refractivity contribution in [3.63, 3.8) is 0 Å². The van der Waals surface area contributed by atoms with Crippen LogP contribution in [-0.4, -0.2) is 19.7 Å². The van der Waals surface area contributed by atoms with Crippen molar-refractivity contribution in [1.29, 1.82) is 0 Å². The first kappa shape index (κ1) is 11.1. The highest BCUT2D eigenvalue weighted by molar-refractivity contribution is 5.89. The van der Waals surface area contributed by atoms with E-state index < -0.39 is 0 Å². The Hall–Kier alpha value is -1.97. The molecule has 0 saturated carbocycles. The van der Waals surface area contributed by atoms with Crippen molar-refractivity contribution in [2.75, 3.05) is 19.0 Å². The largest absolute Gasteiger partial charge is 0.497 e. The van der Waals surface area contributed by atoms with Crippen molar-refractivity contribution in [2.24, 2.45) is 0 Å². The maximum absolute atomic E-state index is 11.3. The van der Waals surface area contributed by atoms with Gasteiger partial charge in [-0.05, 0) is 12.1 Å². The number of benzene rings is 1. The van der Waals surface area contributed by atoms with Crippen LogP contribution in [0.1, 0.15) is 0 Å². The molecule has 80 valence electrons. The van der Waals surface area contributed by atoms with Gasteiger partial charge in [0.1, 0.15) is 5.75 Å². The zero-order valence-electron chi connectivity index (χ0n) is 8.62. The number of anilines is 1. The number of urea groups is 1. The zero-order valence-corrected chi connectivity index (χ0v) is 8.62. The number of rotatable bonds is 4. The average molecular weight is 206 g/mol. The Morgan fingerprint density at radius 1 is 1.60 bits per heavy atom. The second kappa shape index (κ2) is 5.70. The number of carbonyl (C=O) groups is 1. The number of hydrogen-bond donors (Lipinski definition) is 2. The van der Waals surface area contributed by atoms with Crippen LogP contribution in [0.15, 0.2) is 36.9 Å². The molecule has 0 bridgehead atoms. The molecule has 2 N–H and O–H groups in total. The highest BCUT2D eigenvalue weighted by atomic mass is 16.5. The standard InChI is InChI=1S/C11H14N2O2/c1-3-7-12-11(14)13-9-5-4-6-10(8-9)15-2/h3-6,8H,1,7H2,2H3,(H2,12,13,14). The van der Waals surface area contributed by atoms with E-state index in [1.807, 2.05) is 12.1 Å². The molecule has 0 fully saturated rings. The number of amides is 2. The Morgan fingerprint density at radius 3 is 3.07 bits per heavy atom. The maximum atomic E-state index is 11.3. The molecule has 1 aromatic carbocycles. The second-order valence-corrected chi connectivity index (χ2v) is 2.86. The lowest BCUT2D eigenvalue weighted by atomic mass is 10.3. The first-order valence-electron chi connectivity index (χ1n) is 4.56. The third kappa shape index (κ3) is 3.72. The van der Waals surface area contributed by atoms with Gasteiger partial charge in [-0.1, -0.05) is 12.1 Å². The molecule has 0 radical (unpaired) electrons. The van der Waals surface area contributed by atoms with Crippen LogP contribution < -0.4 is 15.4 Å². The monoisotopic (exact) mass is 206 g/mol. The van der Waals surface area contributed by atoms with Crippen molar-refractivity contribution in [3.8, 4) is 5.75 Å². The quantitative estimate of drug-likeness (QED) is 0.740. The summed E-state index contributed by atoms with van der Waals surface area (Å²) in [5.74, 6) is 0.705. The van der Waals surface area contributed by atoms with E-state index in [-0.39, 0.29) is 6.03 Å². The smallest absolute Gasteiger partial charge is 0.319 e. The summed E-state index contributed by atoms with van der Waals surface area (Å²) in [6.45, 7) is 3.94. The fraction of sp³-hybridized carbons (Fsp3) is 0.182. The van der Waals surface area contributed by atoms with Gasteiger partial charge < -0.3 is 15.4 Å². The first-order chi connectivity index (χ1) is 7.26. The average Bonchev–Trinajstić information content (AvgIpc) is 2.26. The van der Waals surface area contributed by atoms with Gasteiger partial charge in [0.15, 0.2) is 0 Å². The maximum Gasteiger partial charge on any atom is 0.319 e. The number of ether oxygens (including phenoxy) is 1. The Morgan fingerprint density at radius 2 is 2.40 bits per heavy atom. The molecule has 15 heavy (non-hydrogen) atoms. The predicted molar refractivity (Wildman–Crippen MR) is 60.2 cm³/mol.